The van der Waals surface area contributed by atoms with Crippen LogP contribution in [0.1, 0.15) is 12.8 Å². The van der Waals surface area contributed by atoms with Gasteiger partial charge in [0.15, 0.2) is 5.58 Å². The Bertz CT molecular complexity index is 840. The topological polar surface area (TPSA) is 71.1 Å². The number of nitrogens with one attached hydrogen (secondary N) is 1. The second kappa shape index (κ2) is 6.67. The molecule has 3 aromatic rings. The first kappa shape index (κ1) is 14.7. The Morgan fingerprint density at radius 1 is 1.26 bits per heavy atom. The van der Waals surface area contributed by atoms with Gasteiger partial charge in [-0.3, -0.25) is 0 Å². The van der Waals surface area contributed by atoms with E-state index in [1.165, 1.54) is 0 Å². The van der Waals surface area contributed by atoms with Gasteiger partial charge >= 0.3 is 0 Å². The maximum Gasteiger partial charge on any atom is 0.239 e. The van der Waals surface area contributed by atoms with E-state index < -0.39 is 0 Å². The van der Waals surface area contributed by atoms with Crippen molar-refractivity contribution in [3.05, 3.63) is 60.6 Å². The third-order valence-corrected chi connectivity index (χ3v) is 3.19. The Kier molecular flexibility index (Phi) is 4.25. The molecule has 3 rings (SSSR count). The average molecular weight is 305 g/mol. The number of anilines is 1. The van der Waals surface area contributed by atoms with Gasteiger partial charge in [-0.2, -0.15) is 5.26 Å². The van der Waals surface area contributed by atoms with Gasteiger partial charge in [-0.15, -0.1) is 0 Å². The normalized spacial score (nSPS) is 11.2. The first-order valence-corrected chi connectivity index (χ1v) is 7.26. The summed E-state index contributed by atoms with van der Waals surface area (Å²) in [4.78, 5) is 4.32. The second-order valence-electron chi connectivity index (χ2n) is 4.76. The summed E-state index contributed by atoms with van der Waals surface area (Å²) in [7, 11) is 0. The summed E-state index contributed by atoms with van der Waals surface area (Å²) in [5, 5.41) is 12.4. The number of para-hydroxylation sites is 2. The standard InChI is InChI=1S/C18H15N3O2/c1-2-22-15-9-7-14(8-10-15)20-12-13(11-19)18-21-16-5-3-4-6-17(16)23-18/h3-10,12,20H,2H2,1H3/b13-12-. The Morgan fingerprint density at radius 2 is 2.04 bits per heavy atom. The molecular weight excluding hydrogens is 290 g/mol. The number of allylic oxidation sites excluding steroid dienone is 1. The van der Waals surface area contributed by atoms with Gasteiger partial charge in [-0.25, -0.2) is 4.98 Å². The molecule has 0 saturated heterocycles. The maximum atomic E-state index is 9.32. The molecule has 0 radical (unpaired) electrons. The van der Waals surface area contributed by atoms with Gasteiger partial charge in [-0.05, 0) is 43.3 Å². The summed E-state index contributed by atoms with van der Waals surface area (Å²) in [5.74, 6) is 1.11. The predicted octanol–water partition coefficient (Wildman–Crippen LogP) is 4.20. The van der Waals surface area contributed by atoms with Crippen LogP contribution in [0.15, 0.2) is 59.1 Å². The molecule has 0 saturated carbocycles. The Labute approximate surface area is 133 Å². The first-order valence-electron chi connectivity index (χ1n) is 7.26. The zero-order chi connectivity index (χ0) is 16.1. The van der Waals surface area contributed by atoms with Crippen molar-refractivity contribution in [1.29, 1.82) is 5.26 Å². The first-order chi connectivity index (χ1) is 11.3. The van der Waals surface area contributed by atoms with Crippen LogP contribution in [0.25, 0.3) is 16.7 Å². The molecule has 1 aromatic heterocycles. The summed E-state index contributed by atoms with van der Waals surface area (Å²) >= 11 is 0. The van der Waals surface area contributed by atoms with Crippen molar-refractivity contribution in [2.75, 3.05) is 11.9 Å². The van der Waals surface area contributed by atoms with Crippen molar-refractivity contribution < 1.29 is 9.15 Å². The van der Waals surface area contributed by atoms with Gasteiger partial charge in [0, 0.05) is 11.9 Å². The van der Waals surface area contributed by atoms with Crippen LogP contribution in [0.2, 0.25) is 0 Å². The molecule has 23 heavy (non-hydrogen) atoms. The molecule has 0 atom stereocenters. The van der Waals surface area contributed by atoms with Crippen LogP contribution >= 0.6 is 0 Å². The van der Waals surface area contributed by atoms with Crippen molar-refractivity contribution in [3.63, 3.8) is 0 Å². The van der Waals surface area contributed by atoms with E-state index in [0.29, 0.717) is 23.7 Å². The molecule has 0 bridgehead atoms. The number of fused-ring (bicyclic) bond motifs is 1. The number of rotatable bonds is 5. The van der Waals surface area contributed by atoms with Crippen molar-refractivity contribution >= 4 is 22.4 Å². The summed E-state index contributed by atoms with van der Waals surface area (Å²) < 4.78 is 11.0. The predicted molar refractivity (Wildman–Crippen MR) is 88.8 cm³/mol. The van der Waals surface area contributed by atoms with Crippen molar-refractivity contribution in [3.8, 4) is 11.8 Å². The van der Waals surface area contributed by atoms with Gasteiger partial charge in [0.1, 0.15) is 22.9 Å². The average Bonchev–Trinajstić information content (AvgIpc) is 3.01. The Morgan fingerprint density at radius 3 is 2.74 bits per heavy atom. The zero-order valence-corrected chi connectivity index (χ0v) is 12.6. The maximum absolute atomic E-state index is 9.32. The van der Waals surface area contributed by atoms with Crippen LogP contribution in [0.3, 0.4) is 0 Å². The lowest BCUT2D eigenvalue weighted by atomic mass is 10.3. The van der Waals surface area contributed by atoms with Crippen LogP contribution in [0.5, 0.6) is 5.75 Å². The molecule has 2 aromatic carbocycles. The molecule has 5 heteroatoms. The van der Waals surface area contributed by atoms with Crippen LogP contribution in [-0.4, -0.2) is 11.6 Å². The highest BCUT2D eigenvalue weighted by Crippen LogP contribution is 2.21. The van der Waals surface area contributed by atoms with E-state index in [4.69, 9.17) is 9.15 Å². The lowest BCUT2D eigenvalue weighted by Crippen LogP contribution is -1.93. The minimum Gasteiger partial charge on any atom is -0.494 e. The van der Waals surface area contributed by atoms with Crippen molar-refractivity contribution in [1.82, 2.24) is 4.98 Å². The summed E-state index contributed by atoms with van der Waals surface area (Å²) in [6.45, 7) is 2.57. The number of hydrogen-bond acceptors (Lipinski definition) is 5. The molecule has 0 aliphatic carbocycles. The largest absolute Gasteiger partial charge is 0.494 e. The summed E-state index contributed by atoms with van der Waals surface area (Å²) in [6, 6.07) is 17.0. The summed E-state index contributed by atoms with van der Waals surface area (Å²) in [6.07, 6.45) is 1.58. The van der Waals surface area contributed by atoms with E-state index in [9.17, 15) is 5.26 Å². The fraction of sp³-hybridized carbons (Fsp3) is 0.111. The molecule has 5 nitrogen and oxygen atoms in total. The molecule has 1 heterocycles. The van der Waals surface area contributed by atoms with E-state index in [-0.39, 0.29) is 0 Å². The highest BCUT2D eigenvalue weighted by atomic mass is 16.5. The van der Waals surface area contributed by atoms with Crippen LogP contribution < -0.4 is 10.1 Å². The highest BCUT2D eigenvalue weighted by Gasteiger charge is 2.10. The minimum atomic E-state index is 0.298. The molecule has 0 unspecified atom stereocenters. The van der Waals surface area contributed by atoms with Crippen LogP contribution in [0, 0.1) is 11.3 Å². The number of nitriles is 1. The highest BCUT2D eigenvalue weighted by molar-refractivity contribution is 5.80. The van der Waals surface area contributed by atoms with E-state index in [2.05, 4.69) is 16.4 Å². The number of aromatic nitrogens is 1. The minimum absolute atomic E-state index is 0.298. The van der Waals surface area contributed by atoms with Gasteiger partial charge < -0.3 is 14.5 Å². The molecule has 0 amide bonds. The molecule has 0 spiro atoms. The van der Waals surface area contributed by atoms with E-state index >= 15 is 0 Å². The van der Waals surface area contributed by atoms with Crippen molar-refractivity contribution in [2.45, 2.75) is 6.92 Å². The lowest BCUT2D eigenvalue weighted by molar-refractivity contribution is 0.340. The van der Waals surface area contributed by atoms with Crippen LogP contribution in [-0.2, 0) is 0 Å². The Balaban J connectivity index is 1.80. The van der Waals surface area contributed by atoms with Crippen LogP contribution in [0.4, 0.5) is 5.69 Å². The smallest absolute Gasteiger partial charge is 0.239 e. The molecule has 0 aliphatic heterocycles. The van der Waals surface area contributed by atoms with Gasteiger partial charge in [0.05, 0.1) is 6.61 Å². The number of oxazole rings is 1. The van der Waals surface area contributed by atoms with Gasteiger partial charge in [0.2, 0.25) is 5.89 Å². The fourth-order valence-corrected chi connectivity index (χ4v) is 2.10. The molecule has 1 N–H and O–H groups in total. The lowest BCUT2D eigenvalue weighted by Gasteiger charge is -2.04. The molecule has 0 fully saturated rings. The number of benzene rings is 2. The summed E-state index contributed by atoms with van der Waals surface area (Å²) in [5.41, 5.74) is 2.56. The van der Waals surface area contributed by atoms with E-state index in [1.54, 1.807) is 6.20 Å². The molecule has 114 valence electrons. The monoisotopic (exact) mass is 305 g/mol. The third-order valence-electron chi connectivity index (χ3n) is 3.19. The quantitative estimate of drug-likeness (QED) is 0.715. The fourth-order valence-electron chi connectivity index (χ4n) is 2.10. The second-order valence-corrected chi connectivity index (χ2v) is 4.76. The zero-order valence-electron chi connectivity index (χ0n) is 12.6. The van der Waals surface area contributed by atoms with E-state index in [1.807, 2.05) is 55.5 Å². The van der Waals surface area contributed by atoms with Gasteiger partial charge in [0.25, 0.3) is 0 Å². The molecule has 0 aliphatic rings. The molecular formula is C18H15N3O2. The SMILES string of the molecule is CCOc1ccc(N/C=C(/C#N)c2nc3ccccc3o2)cc1. The number of hydrogen-bond donors (Lipinski definition) is 1. The van der Waals surface area contributed by atoms with Crippen molar-refractivity contribution in [2.24, 2.45) is 0 Å². The van der Waals surface area contributed by atoms with E-state index in [0.717, 1.165) is 17.0 Å². The Hall–Kier alpha value is -3.26. The number of nitrogens with zero attached hydrogens (tertiary/aromatic N) is 2. The number of ether oxygens (including phenoxy) is 1. The third kappa shape index (κ3) is 3.33. The van der Waals surface area contributed by atoms with Gasteiger partial charge in [-0.1, -0.05) is 12.1 Å².